The summed E-state index contributed by atoms with van der Waals surface area (Å²) >= 11 is 0. The van der Waals surface area contributed by atoms with E-state index in [1.54, 1.807) is 0 Å². The van der Waals surface area contributed by atoms with Crippen LogP contribution in [0, 0.1) is 6.33 Å². The van der Waals surface area contributed by atoms with Gasteiger partial charge < -0.3 is 9.97 Å². The van der Waals surface area contributed by atoms with Crippen LogP contribution in [0.3, 0.4) is 0 Å². The van der Waals surface area contributed by atoms with Crippen LogP contribution in [-0.4, -0.2) is 9.97 Å². The molecule has 0 bridgehead atoms. The normalized spacial score (nSPS) is 8.54. The largest absolute Gasteiger partial charge is 0.460 e. The zero-order chi connectivity index (χ0) is 8.97. The van der Waals surface area contributed by atoms with Gasteiger partial charge in [0, 0.05) is 21.1 Å². The fraction of sp³-hybridized carbons (Fsp3) is 0.222. The van der Waals surface area contributed by atoms with Gasteiger partial charge in [0.2, 0.25) is 0 Å². The Balaban J connectivity index is 0.000000451. The molecular weight excluding hydrogens is 351 g/mol. The molecular formula is C9H12N2PW-. The maximum atomic E-state index is 3.99. The predicted octanol–water partition coefficient (Wildman–Crippen LogP) is 1.89. The van der Waals surface area contributed by atoms with Crippen molar-refractivity contribution in [2.24, 2.45) is 0 Å². The first kappa shape index (κ1) is 12.8. The molecule has 0 aliphatic carbocycles. The molecule has 0 amide bonds. The minimum Gasteiger partial charge on any atom is -0.460 e. The van der Waals surface area contributed by atoms with Crippen LogP contribution in [0.25, 0.3) is 11.0 Å². The molecule has 2 rings (SSSR count). The Labute approximate surface area is 95.0 Å². The monoisotopic (exact) mass is 363 g/mol. The van der Waals surface area contributed by atoms with Crippen LogP contribution in [0.4, 0.5) is 0 Å². The molecule has 13 heavy (non-hydrogen) atoms. The standard InChI is InChI=1S/C7H6N2P.C2H6.W/c10-6-3-1-2-5-7(6)9-4-8-5;1-2;/h1-3H,10H2,(H,8,9);1-2H3;/q-1;;. The van der Waals surface area contributed by atoms with E-state index in [4.69, 9.17) is 0 Å². The molecule has 1 N–H and O–H groups in total. The van der Waals surface area contributed by atoms with Crippen molar-refractivity contribution in [2.75, 3.05) is 0 Å². The summed E-state index contributed by atoms with van der Waals surface area (Å²) < 4.78 is 0. The summed E-state index contributed by atoms with van der Waals surface area (Å²) in [5.41, 5.74) is 2.01. The third-order valence-electron chi connectivity index (χ3n) is 1.43. The van der Waals surface area contributed by atoms with Crippen molar-refractivity contribution in [1.82, 2.24) is 9.97 Å². The van der Waals surface area contributed by atoms with Crippen molar-refractivity contribution in [3.05, 3.63) is 24.5 Å². The van der Waals surface area contributed by atoms with E-state index in [0.717, 1.165) is 16.3 Å². The molecule has 2 aromatic rings. The molecule has 0 saturated heterocycles. The van der Waals surface area contributed by atoms with Crippen LogP contribution < -0.4 is 5.30 Å². The quantitative estimate of drug-likeness (QED) is 0.562. The fourth-order valence-electron chi connectivity index (χ4n) is 0.931. The zero-order valence-electron chi connectivity index (χ0n) is 7.66. The number of hydrogen-bond donors (Lipinski definition) is 1. The first-order valence-electron chi connectivity index (χ1n) is 3.98. The van der Waals surface area contributed by atoms with Gasteiger partial charge in [0.25, 0.3) is 0 Å². The number of nitrogens with zero attached hydrogens (tertiary/aromatic N) is 1. The van der Waals surface area contributed by atoms with Crippen LogP contribution in [-0.2, 0) is 21.1 Å². The van der Waals surface area contributed by atoms with Crippen LogP contribution in [0.1, 0.15) is 13.8 Å². The number of hydrogen-bond acceptors (Lipinski definition) is 1. The number of aromatic amines is 1. The van der Waals surface area contributed by atoms with Crippen molar-refractivity contribution < 1.29 is 21.1 Å². The number of imidazole rings is 1. The average Bonchev–Trinajstić information content (AvgIpc) is 2.57. The van der Waals surface area contributed by atoms with Crippen LogP contribution in [0.2, 0.25) is 0 Å². The van der Waals surface area contributed by atoms with Gasteiger partial charge in [0.05, 0.1) is 0 Å². The minimum atomic E-state index is 0. The van der Waals surface area contributed by atoms with Crippen molar-refractivity contribution in [3.63, 3.8) is 0 Å². The van der Waals surface area contributed by atoms with Crippen LogP contribution in [0.5, 0.6) is 0 Å². The van der Waals surface area contributed by atoms with Gasteiger partial charge in [-0.15, -0.1) is 15.3 Å². The number of benzene rings is 1. The Morgan fingerprint density at radius 1 is 1.38 bits per heavy atom. The third kappa shape index (κ3) is 2.90. The third-order valence-corrected chi connectivity index (χ3v) is 1.91. The molecule has 0 aliphatic heterocycles. The van der Waals surface area contributed by atoms with Crippen molar-refractivity contribution in [2.45, 2.75) is 13.8 Å². The second kappa shape index (κ2) is 6.29. The second-order valence-electron chi connectivity index (χ2n) is 2.09. The summed E-state index contributed by atoms with van der Waals surface area (Å²) in [6.07, 6.45) is 2.69. The molecule has 4 heteroatoms. The van der Waals surface area contributed by atoms with E-state index >= 15 is 0 Å². The zero-order valence-corrected chi connectivity index (χ0v) is 11.8. The van der Waals surface area contributed by atoms with Gasteiger partial charge in [0.15, 0.2) is 0 Å². The van der Waals surface area contributed by atoms with E-state index in [0.29, 0.717) is 0 Å². The number of aromatic nitrogens is 2. The van der Waals surface area contributed by atoms with E-state index in [1.165, 1.54) is 0 Å². The first-order chi connectivity index (χ1) is 5.88. The summed E-state index contributed by atoms with van der Waals surface area (Å²) in [5, 5.41) is 1.13. The Kier molecular flexibility index (Phi) is 6.20. The van der Waals surface area contributed by atoms with Gasteiger partial charge in [-0.3, -0.25) is 0 Å². The topological polar surface area (TPSA) is 28.7 Å². The molecule has 70 valence electrons. The molecule has 1 aromatic carbocycles. The summed E-state index contributed by atoms with van der Waals surface area (Å²) in [4.78, 5) is 6.92. The van der Waals surface area contributed by atoms with Crippen molar-refractivity contribution in [1.29, 1.82) is 0 Å². The molecule has 1 heterocycles. The molecule has 1 atom stereocenters. The Bertz CT molecular complexity index is 359. The predicted molar refractivity (Wildman–Crippen MR) is 55.6 cm³/mol. The smallest absolute Gasteiger partial charge is 0 e. The number of rotatable bonds is 0. The Morgan fingerprint density at radius 3 is 2.69 bits per heavy atom. The molecule has 0 aliphatic rings. The van der Waals surface area contributed by atoms with Gasteiger partial charge in [-0.05, 0) is 6.33 Å². The van der Waals surface area contributed by atoms with Gasteiger partial charge in [0.1, 0.15) is 0 Å². The molecule has 1 unspecified atom stereocenters. The molecule has 0 radical (unpaired) electrons. The van der Waals surface area contributed by atoms with E-state index in [2.05, 4.69) is 25.5 Å². The number of nitrogens with one attached hydrogen (secondary N) is 1. The Hall–Kier alpha value is -0.192. The van der Waals surface area contributed by atoms with Crippen molar-refractivity contribution in [3.8, 4) is 0 Å². The molecule has 2 nitrogen and oxygen atoms in total. The van der Waals surface area contributed by atoms with Gasteiger partial charge in [-0.2, -0.15) is 0 Å². The fourth-order valence-corrected chi connectivity index (χ4v) is 1.26. The maximum absolute atomic E-state index is 3.99. The molecule has 0 spiro atoms. The second-order valence-corrected chi connectivity index (χ2v) is 2.71. The SMILES string of the molecule is CC.Pc1cccc2n[c-][nH]c12.[W]. The van der Waals surface area contributed by atoms with Gasteiger partial charge in [-0.25, -0.2) is 0 Å². The van der Waals surface area contributed by atoms with E-state index in [-0.39, 0.29) is 21.1 Å². The van der Waals surface area contributed by atoms with E-state index < -0.39 is 0 Å². The summed E-state index contributed by atoms with van der Waals surface area (Å²) in [6, 6.07) is 5.94. The molecule has 0 fully saturated rings. The Morgan fingerprint density at radius 2 is 2.08 bits per heavy atom. The maximum Gasteiger partial charge on any atom is 0 e. The summed E-state index contributed by atoms with van der Waals surface area (Å²) in [5.74, 6) is 0. The molecule has 1 aromatic heterocycles. The number of H-pyrrole nitrogens is 1. The first-order valence-corrected chi connectivity index (χ1v) is 4.56. The van der Waals surface area contributed by atoms with E-state index in [9.17, 15) is 0 Å². The summed E-state index contributed by atoms with van der Waals surface area (Å²) in [6.45, 7) is 4.00. The van der Waals surface area contributed by atoms with Crippen LogP contribution >= 0.6 is 9.24 Å². The van der Waals surface area contributed by atoms with Gasteiger partial charge in [-0.1, -0.05) is 42.3 Å². The molecule has 0 saturated carbocycles. The average molecular weight is 363 g/mol. The number of para-hydroxylation sites is 1. The summed E-state index contributed by atoms with van der Waals surface area (Å²) in [7, 11) is 2.64. The van der Waals surface area contributed by atoms with E-state index in [1.807, 2.05) is 32.0 Å². The van der Waals surface area contributed by atoms with Crippen LogP contribution in [0.15, 0.2) is 18.2 Å². The minimum absolute atomic E-state index is 0. The van der Waals surface area contributed by atoms with Gasteiger partial charge >= 0.3 is 0 Å². The van der Waals surface area contributed by atoms with Crippen molar-refractivity contribution >= 4 is 25.6 Å². The number of fused-ring (bicyclic) bond motifs is 1.